The predicted molar refractivity (Wildman–Crippen MR) is 99.2 cm³/mol. The van der Waals surface area contributed by atoms with Crippen molar-refractivity contribution < 1.29 is 4.52 Å². The van der Waals surface area contributed by atoms with Crippen molar-refractivity contribution in [3.63, 3.8) is 0 Å². The third kappa shape index (κ3) is 2.83. The summed E-state index contributed by atoms with van der Waals surface area (Å²) in [4.78, 5) is 6.53. The van der Waals surface area contributed by atoms with E-state index in [-0.39, 0.29) is 0 Å². The van der Waals surface area contributed by atoms with Gasteiger partial charge in [-0.15, -0.1) is 5.10 Å². The fraction of sp³-hybridized carbons (Fsp3) is 0.158. The highest BCUT2D eigenvalue weighted by Crippen LogP contribution is 2.26. The van der Waals surface area contributed by atoms with Crippen molar-refractivity contribution in [2.45, 2.75) is 6.92 Å². The molecule has 0 N–H and O–H groups in total. The molecule has 0 saturated heterocycles. The summed E-state index contributed by atoms with van der Waals surface area (Å²) in [5.74, 6) is 0.882. The van der Waals surface area contributed by atoms with Gasteiger partial charge < -0.3 is 9.42 Å². The first-order chi connectivity index (χ1) is 12.6. The van der Waals surface area contributed by atoms with Crippen molar-refractivity contribution in [1.29, 1.82) is 0 Å². The molecule has 0 saturated carbocycles. The average Bonchev–Trinajstić information content (AvgIpc) is 3.29. The van der Waals surface area contributed by atoms with Crippen molar-refractivity contribution in [2.24, 2.45) is 0 Å². The first-order valence-electron chi connectivity index (χ1n) is 8.23. The number of anilines is 1. The van der Waals surface area contributed by atoms with Crippen LogP contribution >= 0.6 is 0 Å². The van der Waals surface area contributed by atoms with E-state index in [2.05, 4.69) is 20.5 Å². The minimum Gasteiger partial charge on any atom is -0.378 e. The van der Waals surface area contributed by atoms with E-state index in [1.807, 2.05) is 80.5 Å². The summed E-state index contributed by atoms with van der Waals surface area (Å²) in [6.45, 7) is 1.94. The largest absolute Gasteiger partial charge is 0.378 e. The lowest BCUT2D eigenvalue weighted by Crippen LogP contribution is -2.08. The van der Waals surface area contributed by atoms with Gasteiger partial charge in [-0.25, -0.2) is 4.68 Å². The molecule has 0 unspecified atom stereocenters. The van der Waals surface area contributed by atoms with E-state index < -0.39 is 0 Å². The zero-order valence-electron chi connectivity index (χ0n) is 14.8. The van der Waals surface area contributed by atoms with Crippen molar-refractivity contribution in [3.8, 4) is 28.7 Å². The van der Waals surface area contributed by atoms with Crippen molar-refractivity contribution in [1.82, 2.24) is 25.1 Å². The lowest BCUT2D eigenvalue weighted by molar-refractivity contribution is 0.432. The van der Waals surface area contributed by atoms with Crippen LogP contribution in [0.4, 0.5) is 5.69 Å². The maximum absolute atomic E-state index is 5.45. The van der Waals surface area contributed by atoms with Gasteiger partial charge in [-0.1, -0.05) is 34.6 Å². The van der Waals surface area contributed by atoms with Crippen LogP contribution in [0.15, 0.2) is 59.1 Å². The van der Waals surface area contributed by atoms with Gasteiger partial charge in [-0.05, 0) is 37.3 Å². The summed E-state index contributed by atoms with van der Waals surface area (Å²) in [6.07, 6.45) is 0. The number of aromatic nitrogens is 5. The molecular formula is C19H18N6O. The molecule has 2 aromatic heterocycles. The molecule has 0 amide bonds. The van der Waals surface area contributed by atoms with Crippen LogP contribution in [-0.4, -0.2) is 39.2 Å². The predicted octanol–water partition coefficient (Wildman–Crippen LogP) is 3.36. The second-order valence-electron chi connectivity index (χ2n) is 6.14. The molecule has 0 aliphatic rings. The number of para-hydroxylation sites is 1. The Morgan fingerprint density at radius 1 is 1.00 bits per heavy atom. The monoisotopic (exact) mass is 346 g/mol. The Kier molecular flexibility index (Phi) is 3.96. The van der Waals surface area contributed by atoms with Crippen LogP contribution in [0.3, 0.4) is 0 Å². The zero-order valence-corrected chi connectivity index (χ0v) is 14.8. The molecule has 2 aromatic carbocycles. The highest BCUT2D eigenvalue weighted by molar-refractivity contribution is 5.63. The van der Waals surface area contributed by atoms with Crippen LogP contribution in [0.5, 0.6) is 0 Å². The van der Waals surface area contributed by atoms with Crippen LogP contribution in [0, 0.1) is 6.92 Å². The van der Waals surface area contributed by atoms with E-state index in [9.17, 15) is 0 Å². The van der Waals surface area contributed by atoms with Gasteiger partial charge in [0.25, 0.3) is 5.89 Å². The molecule has 0 spiro atoms. The van der Waals surface area contributed by atoms with Crippen molar-refractivity contribution in [2.75, 3.05) is 19.0 Å². The molecule has 0 atom stereocenters. The highest BCUT2D eigenvalue weighted by Gasteiger charge is 2.18. The van der Waals surface area contributed by atoms with Gasteiger partial charge in [0.2, 0.25) is 5.82 Å². The standard InChI is InChI=1S/C19H18N6O/c1-13-17(21-23-25(13)15-9-5-4-6-10-15)18-20-19(26-22-18)14-8-7-11-16(12-14)24(2)3/h4-12H,1-3H3. The maximum atomic E-state index is 5.45. The van der Waals surface area contributed by atoms with E-state index in [0.717, 1.165) is 22.6 Å². The molecule has 0 aliphatic heterocycles. The van der Waals surface area contributed by atoms with Crippen molar-refractivity contribution >= 4 is 5.69 Å². The topological polar surface area (TPSA) is 72.9 Å². The first-order valence-corrected chi connectivity index (χ1v) is 8.23. The van der Waals surface area contributed by atoms with Crippen LogP contribution in [-0.2, 0) is 0 Å². The Labute approximate surface area is 150 Å². The molecule has 26 heavy (non-hydrogen) atoms. The Morgan fingerprint density at radius 2 is 1.81 bits per heavy atom. The lowest BCUT2D eigenvalue weighted by atomic mass is 10.2. The smallest absolute Gasteiger partial charge is 0.258 e. The molecule has 7 heteroatoms. The van der Waals surface area contributed by atoms with Gasteiger partial charge in [-0.2, -0.15) is 4.98 Å². The molecule has 4 rings (SSSR count). The molecule has 0 fully saturated rings. The fourth-order valence-electron chi connectivity index (χ4n) is 2.70. The summed E-state index contributed by atoms with van der Waals surface area (Å²) in [5, 5.41) is 12.5. The van der Waals surface area contributed by atoms with Gasteiger partial charge in [0.1, 0.15) is 0 Å². The minimum absolute atomic E-state index is 0.426. The third-order valence-electron chi connectivity index (χ3n) is 4.14. The van der Waals surface area contributed by atoms with Crippen LogP contribution in [0.1, 0.15) is 5.69 Å². The highest BCUT2D eigenvalue weighted by atomic mass is 16.5. The maximum Gasteiger partial charge on any atom is 0.258 e. The van der Waals surface area contributed by atoms with E-state index in [4.69, 9.17) is 4.52 Å². The van der Waals surface area contributed by atoms with Gasteiger partial charge in [0, 0.05) is 25.3 Å². The molecular weight excluding hydrogens is 328 g/mol. The summed E-state index contributed by atoms with van der Waals surface area (Å²) < 4.78 is 7.22. The molecule has 0 bridgehead atoms. The number of nitrogens with zero attached hydrogens (tertiary/aromatic N) is 6. The van der Waals surface area contributed by atoms with Crippen LogP contribution in [0.2, 0.25) is 0 Å². The quantitative estimate of drug-likeness (QED) is 0.564. The Morgan fingerprint density at radius 3 is 2.58 bits per heavy atom. The number of benzene rings is 2. The Balaban J connectivity index is 1.69. The molecule has 0 radical (unpaired) electrons. The van der Waals surface area contributed by atoms with Gasteiger partial charge in [0.05, 0.1) is 11.4 Å². The molecule has 0 aliphatic carbocycles. The Hall–Kier alpha value is -3.48. The molecule has 7 nitrogen and oxygen atoms in total. The zero-order chi connectivity index (χ0) is 18.1. The minimum atomic E-state index is 0.426. The SMILES string of the molecule is Cc1c(-c2noc(-c3cccc(N(C)C)c3)n2)nnn1-c1ccccc1. The third-order valence-corrected chi connectivity index (χ3v) is 4.14. The second-order valence-corrected chi connectivity index (χ2v) is 6.14. The fourth-order valence-corrected chi connectivity index (χ4v) is 2.70. The first kappa shape index (κ1) is 16.0. The molecule has 4 aromatic rings. The molecule has 130 valence electrons. The lowest BCUT2D eigenvalue weighted by Gasteiger charge is -2.12. The van der Waals surface area contributed by atoms with E-state index >= 15 is 0 Å². The second kappa shape index (κ2) is 6.44. The van der Waals surface area contributed by atoms with E-state index in [1.165, 1.54) is 0 Å². The summed E-state index contributed by atoms with van der Waals surface area (Å²) in [7, 11) is 3.98. The number of hydrogen-bond acceptors (Lipinski definition) is 6. The van der Waals surface area contributed by atoms with E-state index in [0.29, 0.717) is 17.4 Å². The summed E-state index contributed by atoms with van der Waals surface area (Å²) >= 11 is 0. The van der Waals surface area contributed by atoms with Crippen molar-refractivity contribution in [3.05, 3.63) is 60.3 Å². The number of rotatable bonds is 4. The summed E-state index contributed by atoms with van der Waals surface area (Å²) in [5.41, 5.74) is 4.32. The van der Waals surface area contributed by atoms with Crippen LogP contribution < -0.4 is 4.90 Å². The Bertz CT molecular complexity index is 1040. The average molecular weight is 346 g/mol. The van der Waals surface area contributed by atoms with E-state index in [1.54, 1.807) is 4.68 Å². The van der Waals surface area contributed by atoms with Gasteiger partial charge in [0.15, 0.2) is 5.69 Å². The van der Waals surface area contributed by atoms with Gasteiger partial charge >= 0.3 is 0 Å². The normalized spacial score (nSPS) is 10.9. The van der Waals surface area contributed by atoms with Gasteiger partial charge in [-0.3, -0.25) is 0 Å². The van der Waals surface area contributed by atoms with Crippen LogP contribution in [0.25, 0.3) is 28.7 Å². The molecule has 2 heterocycles. The number of hydrogen-bond donors (Lipinski definition) is 0. The summed E-state index contributed by atoms with van der Waals surface area (Å²) in [6, 6.07) is 17.8.